The Hall–Kier alpha value is -4.27. The molecule has 3 N–H and O–H groups in total. The minimum Gasteiger partial charge on any atom is -0.504 e. The summed E-state index contributed by atoms with van der Waals surface area (Å²) in [7, 11) is 1.46. The first kappa shape index (κ1) is 20.0. The molecule has 0 spiro atoms. The maximum atomic E-state index is 13.9. The van der Waals surface area contributed by atoms with Crippen LogP contribution in [0.25, 0.3) is 22.4 Å². The number of halogens is 1. The van der Waals surface area contributed by atoms with Crippen LogP contribution >= 0.6 is 0 Å². The second kappa shape index (κ2) is 8.23. The van der Waals surface area contributed by atoms with Gasteiger partial charge in [0.1, 0.15) is 11.3 Å². The molecule has 4 rings (SSSR count). The number of rotatable bonds is 4. The van der Waals surface area contributed by atoms with Crippen LogP contribution in [0.3, 0.4) is 0 Å². The maximum absolute atomic E-state index is 13.9. The quantitative estimate of drug-likeness (QED) is 0.449. The molecule has 4 aromatic rings. The van der Waals surface area contributed by atoms with Crippen molar-refractivity contribution in [3.05, 3.63) is 66.1 Å². The lowest BCUT2D eigenvalue weighted by atomic mass is 10.1. The molecule has 2 aromatic heterocycles. The smallest absolute Gasteiger partial charge is 0.324 e. The highest BCUT2D eigenvalue weighted by Crippen LogP contribution is 2.31. The molecule has 2 heterocycles. The van der Waals surface area contributed by atoms with Crippen molar-refractivity contribution in [1.82, 2.24) is 15.0 Å². The summed E-state index contributed by atoms with van der Waals surface area (Å²) >= 11 is 0. The van der Waals surface area contributed by atoms with E-state index >= 15 is 0 Å². The fourth-order valence-electron chi connectivity index (χ4n) is 2.96. The van der Waals surface area contributed by atoms with Crippen LogP contribution in [0.2, 0.25) is 0 Å². The molecule has 156 valence electrons. The molecular weight excluding hydrogens is 401 g/mol. The largest absolute Gasteiger partial charge is 0.504 e. The average molecular weight is 419 g/mol. The number of pyridine rings is 1. The number of phenolic OH excluding ortho intramolecular Hbond substituents is 1. The molecule has 2 amide bonds. The number of carbonyl (C=O) groups is 1. The summed E-state index contributed by atoms with van der Waals surface area (Å²) in [6.07, 6.45) is 1.39. The first-order chi connectivity index (χ1) is 14.9. The third kappa shape index (κ3) is 4.35. The van der Waals surface area contributed by atoms with E-state index in [4.69, 9.17) is 4.74 Å². The fourth-order valence-corrected chi connectivity index (χ4v) is 2.96. The molecular formula is C22H18FN5O3. The van der Waals surface area contributed by atoms with E-state index in [-0.39, 0.29) is 17.3 Å². The molecule has 2 aromatic carbocycles. The van der Waals surface area contributed by atoms with E-state index < -0.39 is 11.8 Å². The van der Waals surface area contributed by atoms with Crippen molar-refractivity contribution in [2.75, 3.05) is 17.7 Å². The lowest BCUT2D eigenvalue weighted by molar-refractivity contribution is 0.262. The Kier molecular flexibility index (Phi) is 5.31. The molecule has 8 nitrogen and oxygen atoms in total. The number of hydrogen-bond acceptors (Lipinski definition) is 6. The van der Waals surface area contributed by atoms with Gasteiger partial charge in [-0.25, -0.2) is 24.1 Å². The van der Waals surface area contributed by atoms with Gasteiger partial charge in [0, 0.05) is 5.56 Å². The number of methoxy groups -OCH3 is 1. The Bertz CT molecular complexity index is 1300. The number of aromatic hydroxyl groups is 1. The number of benzene rings is 2. The number of aromatic nitrogens is 3. The van der Waals surface area contributed by atoms with Crippen molar-refractivity contribution >= 4 is 28.7 Å². The zero-order valence-electron chi connectivity index (χ0n) is 16.7. The molecule has 0 saturated heterocycles. The number of aryl methyl sites for hydroxylation is 1. The lowest BCUT2D eigenvalue weighted by Crippen LogP contribution is -2.21. The summed E-state index contributed by atoms with van der Waals surface area (Å²) in [6.45, 7) is 1.80. The number of phenols is 1. The number of amides is 2. The van der Waals surface area contributed by atoms with Gasteiger partial charge < -0.3 is 15.2 Å². The predicted octanol–water partition coefficient (Wildman–Crippen LogP) is 4.50. The van der Waals surface area contributed by atoms with E-state index in [0.717, 1.165) is 5.56 Å². The van der Waals surface area contributed by atoms with Crippen molar-refractivity contribution in [2.24, 2.45) is 0 Å². The Balaban J connectivity index is 1.58. The summed E-state index contributed by atoms with van der Waals surface area (Å²) in [5, 5.41) is 14.8. The number of nitrogens with zero attached hydrogens (tertiary/aromatic N) is 3. The summed E-state index contributed by atoms with van der Waals surface area (Å²) in [6, 6.07) is 12.1. The van der Waals surface area contributed by atoms with Gasteiger partial charge in [-0.2, -0.15) is 0 Å². The average Bonchev–Trinajstić information content (AvgIpc) is 2.76. The standard InChI is InChI=1S/C22H18FN5O3/c1-12-3-5-14(23)17(9-12)26-22(30)28-20-11-24-16-7-6-15(25-21(16)27-20)13-4-8-18(29)19(10-13)31-2/h3-11,29H,1-2H3,(H2,25,26,27,28,30). The van der Waals surface area contributed by atoms with E-state index in [0.29, 0.717) is 28.2 Å². The number of ether oxygens (including phenoxy) is 1. The van der Waals surface area contributed by atoms with Crippen LogP contribution in [-0.4, -0.2) is 33.2 Å². The molecule has 0 radical (unpaired) electrons. The lowest BCUT2D eigenvalue weighted by Gasteiger charge is -2.09. The van der Waals surface area contributed by atoms with Gasteiger partial charge in [-0.1, -0.05) is 6.07 Å². The van der Waals surface area contributed by atoms with Crippen LogP contribution in [0.5, 0.6) is 11.5 Å². The Morgan fingerprint density at radius 2 is 1.90 bits per heavy atom. The van der Waals surface area contributed by atoms with Gasteiger partial charge in [0.25, 0.3) is 0 Å². The molecule has 0 bridgehead atoms. The minimum absolute atomic E-state index is 0.0226. The van der Waals surface area contributed by atoms with Crippen molar-refractivity contribution in [3.63, 3.8) is 0 Å². The van der Waals surface area contributed by atoms with Gasteiger partial charge in [0.2, 0.25) is 0 Å². The van der Waals surface area contributed by atoms with E-state index in [1.165, 1.54) is 31.5 Å². The highest BCUT2D eigenvalue weighted by molar-refractivity contribution is 5.99. The molecule has 9 heteroatoms. The zero-order valence-corrected chi connectivity index (χ0v) is 16.7. The van der Waals surface area contributed by atoms with Crippen LogP contribution in [0.15, 0.2) is 54.7 Å². The molecule has 0 atom stereocenters. The molecule has 0 aliphatic rings. The Morgan fingerprint density at radius 3 is 2.71 bits per heavy atom. The molecule has 0 unspecified atom stereocenters. The van der Waals surface area contributed by atoms with E-state index in [1.54, 1.807) is 37.3 Å². The van der Waals surface area contributed by atoms with Crippen LogP contribution < -0.4 is 15.4 Å². The highest BCUT2D eigenvalue weighted by atomic mass is 19.1. The predicted molar refractivity (Wildman–Crippen MR) is 115 cm³/mol. The van der Waals surface area contributed by atoms with Crippen LogP contribution in [0.4, 0.5) is 20.7 Å². The summed E-state index contributed by atoms with van der Waals surface area (Å²) in [4.78, 5) is 25.3. The van der Waals surface area contributed by atoms with Crippen molar-refractivity contribution in [3.8, 4) is 22.8 Å². The number of fused-ring (bicyclic) bond motifs is 1. The molecule has 0 aliphatic carbocycles. The van der Waals surface area contributed by atoms with Gasteiger partial charge in [-0.15, -0.1) is 0 Å². The SMILES string of the molecule is COc1cc(-c2ccc3ncc(NC(=O)Nc4cc(C)ccc4F)nc3n2)ccc1O. The van der Waals surface area contributed by atoms with Crippen LogP contribution in [0, 0.1) is 12.7 Å². The van der Waals surface area contributed by atoms with Crippen molar-refractivity contribution < 1.29 is 19.0 Å². The van der Waals surface area contributed by atoms with Crippen molar-refractivity contribution in [1.29, 1.82) is 0 Å². The zero-order chi connectivity index (χ0) is 22.0. The topological polar surface area (TPSA) is 109 Å². The first-order valence-electron chi connectivity index (χ1n) is 9.28. The van der Waals surface area contributed by atoms with Gasteiger partial charge in [0.15, 0.2) is 23.0 Å². The third-order valence-electron chi connectivity index (χ3n) is 4.49. The summed E-state index contributed by atoms with van der Waals surface area (Å²) < 4.78 is 19.0. The normalized spacial score (nSPS) is 10.7. The minimum atomic E-state index is -0.655. The third-order valence-corrected chi connectivity index (χ3v) is 4.49. The number of hydrogen-bond donors (Lipinski definition) is 3. The van der Waals surface area contributed by atoms with Gasteiger partial charge in [-0.05, 0) is 55.0 Å². The van der Waals surface area contributed by atoms with Crippen molar-refractivity contribution in [2.45, 2.75) is 6.92 Å². The van der Waals surface area contributed by atoms with Crippen LogP contribution in [-0.2, 0) is 0 Å². The maximum Gasteiger partial charge on any atom is 0.324 e. The molecule has 31 heavy (non-hydrogen) atoms. The highest BCUT2D eigenvalue weighted by Gasteiger charge is 2.11. The first-order valence-corrected chi connectivity index (χ1v) is 9.28. The second-order valence-electron chi connectivity index (χ2n) is 6.74. The van der Waals surface area contributed by atoms with Gasteiger partial charge in [-0.3, -0.25) is 5.32 Å². The van der Waals surface area contributed by atoms with Gasteiger partial charge in [0.05, 0.1) is 24.7 Å². The van der Waals surface area contributed by atoms with E-state index in [1.807, 2.05) is 0 Å². The van der Waals surface area contributed by atoms with E-state index in [2.05, 4.69) is 25.6 Å². The fraction of sp³-hybridized carbons (Fsp3) is 0.0909. The molecule has 0 aliphatic heterocycles. The number of nitrogens with one attached hydrogen (secondary N) is 2. The number of anilines is 2. The van der Waals surface area contributed by atoms with E-state index in [9.17, 15) is 14.3 Å². The molecule has 0 saturated carbocycles. The second-order valence-corrected chi connectivity index (χ2v) is 6.74. The number of urea groups is 1. The number of carbonyl (C=O) groups excluding carboxylic acids is 1. The summed E-state index contributed by atoms with van der Waals surface area (Å²) in [5.41, 5.74) is 3.01. The summed E-state index contributed by atoms with van der Waals surface area (Å²) in [5.74, 6) is -0.0395. The van der Waals surface area contributed by atoms with Crippen LogP contribution in [0.1, 0.15) is 5.56 Å². The molecule has 0 fully saturated rings. The monoisotopic (exact) mass is 419 g/mol. The Labute approximate surface area is 176 Å². The van der Waals surface area contributed by atoms with Gasteiger partial charge >= 0.3 is 6.03 Å². The Morgan fingerprint density at radius 1 is 1.06 bits per heavy atom.